The summed E-state index contributed by atoms with van der Waals surface area (Å²) in [4.78, 5) is 10.7. The maximum Gasteiger partial charge on any atom is 0.320 e. The van der Waals surface area contributed by atoms with E-state index in [1.165, 1.54) is 12.8 Å². The van der Waals surface area contributed by atoms with Gasteiger partial charge in [-0.15, -0.1) is 0 Å². The Balaban J connectivity index is 2.12. The topological polar surface area (TPSA) is 58.6 Å². The quantitative estimate of drug-likeness (QED) is 0.727. The summed E-state index contributed by atoms with van der Waals surface area (Å²) in [5.41, 5.74) is 0. The largest absolute Gasteiger partial charge is 0.480 e. The minimum Gasteiger partial charge on any atom is -0.480 e. The summed E-state index contributed by atoms with van der Waals surface area (Å²) in [6.45, 7) is 2.81. The van der Waals surface area contributed by atoms with Crippen LogP contribution in [0.5, 0.6) is 0 Å². The lowest BCUT2D eigenvalue weighted by atomic mass is 9.89. The lowest BCUT2D eigenvalue weighted by Crippen LogP contribution is -2.35. The monoisotopic (exact) mass is 229 g/mol. The maximum atomic E-state index is 10.7. The van der Waals surface area contributed by atoms with Gasteiger partial charge in [-0.2, -0.15) is 0 Å². The van der Waals surface area contributed by atoms with E-state index in [0.29, 0.717) is 19.1 Å². The first-order chi connectivity index (χ1) is 7.63. The van der Waals surface area contributed by atoms with Crippen LogP contribution in [0.25, 0.3) is 0 Å². The molecule has 0 aliphatic heterocycles. The molecule has 4 heteroatoms. The zero-order valence-electron chi connectivity index (χ0n) is 10.2. The van der Waals surface area contributed by atoms with E-state index in [9.17, 15) is 4.79 Å². The van der Waals surface area contributed by atoms with Crippen molar-refractivity contribution in [1.29, 1.82) is 0 Å². The fourth-order valence-electron chi connectivity index (χ4n) is 2.14. The van der Waals surface area contributed by atoms with Crippen molar-refractivity contribution in [1.82, 2.24) is 5.32 Å². The van der Waals surface area contributed by atoms with Gasteiger partial charge in [-0.1, -0.05) is 6.92 Å². The molecule has 0 aromatic rings. The molecule has 0 aromatic carbocycles. The van der Waals surface area contributed by atoms with Crippen molar-refractivity contribution >= 4 is 5.97 Å². The van der Waals surface area contributed by atoms with Crippen LogP contribution in [-0.4, -0.2) is 36.9 Å². The third-order valence-corrected chi connectivity index (χ3v) is 3.37. The Hall–Kier alpha value is -0.610. The van der Waals surface area contributed by atoms with E-state index in [-0.39, 0.29) is 0 Å². The second-order valence-electron chi connectivity index (χ2n) is 4.72. The fraction of sp³-hybridized carbons (Fsp3) is 0.917. The number of carbonyl (C=O) groups is 1. The molecule has 1 aliphatic rings. The Morgan fingerprint density at radius 1 is 1.44 bits per heavy atom. The number of carboxylic acid groups (broad SMARTS) is 1. The van der Waals surface area contributed by atoms with Gasteiger partial charge in [-0.05, 0) is 45.1 Å². The summed E-state index contributed by atoms with van der Waals surface area (Å²) in [5, 5.41) is 11.6. The molecule has 0 bridgehead atoms. The van der Waals surface area contributed by atoms with Crippen LogP contribution in [0.15, 0.2) is 0 Å². The summed E-state index contributed by atoms with van der Waals surface area (Å²) >= 11 is 0. The molecule has 0 aromatic heterocycles. The molecular weight excluding hydrogens is 206 g/mol. The van der Waals surface area contributed by atoms with Crippen LogP contribution >= 0.6 is 0 Å². The molecular formula is C12H23NO3. The highest BCUT2D eigenvalue weighted by atomic mass is 16.5. The fourth-order valence-corrected chi connectivity index (χ4v) is 2.14. The molecule has 4 nitrogen and oxygen atoms in total. The van der Waals surface area contributed by atoms with E-state index in [2.05, 4.69) is 12.2 Å². The van der Waals surface area contributed by atoms with Crippen LogP contribution in [-0.2, 0) is 9.53 Å². The van der Waals surface area contributed by atoms with E-state index >= 15 is 0 Å². The van der Waals surface area contributed by atoms with Crippen LogP contribution in [0.3, 0.4) is 0 Å². The van der Waals surface area contributed by atoms with Gasteiger partial charge in [0.1, 0.15) is 6.04 Å². The molecule has 0 saturated heterocycles. The van der Waals surface area contributed by atoms with Crippen molar-refractivity contribution in [3.8, 4) is 0 Å². The number of aliphatic carboxylic acids is 1. The molecule has 1 fully saturated rings. The molecule has 0 heterocycles. The number of hydrogen-bond donors (Lipinski definition) is 2. The van der Waals surface area contributed by atoms with Crippen molar-refractivity contribution in [3.05, 3.63) is 0 Å². The van der Waals surface area contributed by atoms with E-state index in [4.69, 9.17) is 9.84 Å². The number of hydrogen-bond acceptors (Lipinski definition) is 3. The van der Waals surface area contributed by atoms with Crippen molar-refractivity contribution in [3.63, 3.8) is 0 Å². The molecule has 0 radical (unpaired) electrons. The van der Waals surface area contributed by atoms with Crippen LogP contribution in [0, 0.1) is 5.92 Å². The summed E-state index contributed by atoms with van der Waals surface area (Å²) in [5.74, 6) is 0.0206. The zero-order valence-corrected chi connectivity index (χ0v) is 10.2. The molecule has 1 rings (SSSR count). The number of rotatable bonds is 6. The van der Waals surface area contributed by atoms with Gasteiger partial charge in [0.15, 0.2) is 0 Å². The minimum atomic E-state index is -0.802. The van der Waals surface area contributed by atoms with Gasteiger partial charge in [0.25, 0.3) is 0 Å². The lowest BCUT2D eigenvalue weighted by Gasteiger charge is -2.26. The van der Waals surface area contributed by atoms with Crippen LogP contribution in [0.1, 0.15) is 39.0 Å². The Labute approximate surface area is 97.4 Å². The normalized spacial score (nSPS) is 27.6. The van der Waals surface area contributed by atoms with Crippen LogP contribution in [0.2, 0.25) is 0 Å². The molecule has 1 saturated carbocycles. The summed E-state index contributed by atoms with van der Waals surface area (Å²) in [7, 11) is 1.67. The first-order valence-electron chi connectivity index (χ1n) is 6.15. The van der Waals surface area contributed by atoms with Gasteiger partial charge in [-0.25, -0.2) is 0 Å². The smallest absolute Gasteiger partial charge is 0.320 e. The van der Waals surface area contributed by atoms with Crippen molar-refractivity contribution in [2.24, 2.45) is 5.92 Å². The highest BCUT2D eigenvalue weighted by Gasteiger charge is 2.20. The Bertz CT molecular complexity index is 212. The van der Waals surface area contributed by atoms with Gasteiger partial charge in [0.2, 0.25) is 0 Å². The van der Waals surface area contributed by atoms with Crippen molar-refractivity contribution in [2.45, 2.75) is 51.2 Å². The molecule has 2 N–H and O–H groups in total. The van der Waals surface area contributed by atoms with Crippen LogP contribution < -0.4 is 5.32 Å². The van der Waals surface area contributed by atoms with Gasteiger partial charge < -0.3 is 15.2 Å². The second-order valence-corrected chi connectivity index (χ2v) is 4.72. The molecule has 0 amide bonds. The molecule has 94 valence electrons. The minimum absolute atomic E-state index is 0.350. The van der Waals surface area contributed by atoms with E-state index in [1.807, 2.05) is 0 Å². The van der Waals surface area contributed by atoms with Crippen LogP contribution in [0.4, 0.5) is 0 Å². The van der Waals surface area contributed by atoms with Crippen molar-refractivity contribution in [2.75, 3.05) is 13.7 Å². The predicted molar refractivity (Wildman–Crippen MR) is 62.5 cm³/mol. The second kappa shape index (κ2) is 6.86. The van der Waals surface area contributed by atoms with Gasteiger partial charge in [0.05, 0.1) is 6.10 Å². The standard InChI is InChI=1S/C12H23NO3/c1-9-3-5-10(6-4-9)16-8-7-11(13-2)12(14)15/h9-11,13H,3-8H2,1-2H3,(H,14,15). The summed E-state index contributed by atoms with van der Waals surface area (Å²) in [6.07, 6.45) is 5.61. The average Bonchev–Trinajstić information content (AvgIpc) is 2.26. The first kappa shape index (κ1) is 13.5. The van der Waals surface area contributed by atoms with E-state index < -0.39 is 12.0 Å². The first-order valence-corrected chi connectivity index (χ1v) is 6.15. The maximum absolute atomic E-state index is 10.7. The highest BCUT2D eigenvalue weighted by Crippen LogP contribution is 2.25. The van der Waals surface area contributed by atoms with E-state index in [0.717, 1.165) is 18.8 Å². The average molecular weight is 229 g/mol. The summed E-state index contributed by atoms with van der Waals surface area (Å²) < 4.78 is 5.71. The molecule has 16 heavy (non-hydrogen) atoms. The SMILES string of the molecule is CNC(CCOC1CCC(C)CC1)C(=O)O. The number of ether oxygens (including phenoxy) is 1. The highest BCUT2D eigenvalue weighted by molar-refractivity contribution is 5.73. The van der Waals surface area contributed by atoms with Gasteiger partial charge in [-0.3, -0.25) is 4.79 Å². The van der Waals surface area contributed by atoms with E-state index in [1.54, 1.807) is 7.05 Å². The third-order valence-electron chi connectivity index (χ3n) is 3.37. The molecule has 1 aliphatic carbocycles. The number of nitrogens with one attached hydrogen (secondary N) is 1. The number of carboxylic acids is 1. The molecule has 1 atom stereocenters. The molecule has 1 unspecified atom stereocenters. The van der Waals surface area contributed by atoms with Crippen molar-refractivity contribution < 1.29 is 14.6 Å². The molecule has 0 spiro atoms. The Morgan fingerprint density at radius 3 is 2.56 bits per heavy atom. The van der Waals surface area contributed by atoms with Gasteiger partial charge in [0, 0.05) is 6.61 Å². The summed E-state index contributed by atoms with van der Waals surface area (Å²) in [6, 6.07) is -0.484. The number of likely N-dealkylation sites (N-methyl/N-ethyl adjacent to an activating group) is 1. The lowest BCUT2D eigenvalue weighted by molar-refractivity contribution is -0.140. The zero-order chi connectivity index (χ0) is 12.0. The Morgan fingerprint density at radius 2 is 2.06 bits per heavy atom. The Kier molecular flexibility index (Phi) is 5.77. The third kappa shape index (κ3) is 4.49. The predicted octanol–water partition coefficient (Wildman–Crippen LogP) is 1.64. The van der Waals surface area contributed by atoms with Gasteiger partial charge >= 0.3 is 5.97 Å².